The van der Waals surface area contributed by atoms with Crippen LogP contribution < -0.4 is 5.73 Å². The molecule has 0 aliphatic carbocycles. The van der Waals surface area contributed by atoms with Gasteiger partial charge in [0.2, 0.25) is 0 Å². The molecule has 0 saturated carbocycles. The second-order valence-electron chi connectivity index (χ2n) is 3.46. The van der Waals surface area contributed by atoms with Crippen LogP contribution in [0.2, 0.25) is 0 Å². The van der Waals surface area contributed by atoms with Gasteiger partial charge in [0, 0.05) is 6.54 Å². The summed E-state index contributed by atoms with van der Waals surface area (Å²) in [5, 5.41) is 8.25. The van der Waals surface area contributed by atoms with Crippen molar-refractivity contribution in [2.75, 3.05) is 0 Å². The third-order valence-electron chi connectivity index (χ3n) is 2.08. The molecule has 0 radical (unpaired) electrons. The number of hydrogen-bond acceptors (Lipinski definition) is 2. The number of nitriles is 1. The summed E-state index contributed by atoms with van der Waals surface area (Å²) in [7, 11) is 0. The second-order valence-corrected chi connectivity index (χ2v) is 3.46. The summed E-state index contributed by atoms with van der Waals surface area (Å²) in [4.78, 5) is 0. The summed E-state index contributed by atoms with van der Waals surface area (Å²) in [5.41, 5.74) is 6.44. The topological polar surface area (TPSA) is 49.8 Å². The molecule has 0 aliphatic heterocycles. The van der Waals surface area contributed by atoms with Crippen LogP contribution in [0, 0.1) is 23.0 Å². The molecule has 2 nitrogen and oxygen atoms in total. The number of hydrogen-bond donors (Lipinski definition) is 1. The number of nitrogens with two attached hydrogens (primary N) is 1. The van der Waals surface area contributed by atoms with Crippen LogP contribution in [0.4, 0.5) is 8.78 Å². The lowest BCUT2D eigenvalue weighted by Crippen LogP contribution is -1.95. The van der Waals surface area contributed by atoms with E-state index in [9.17, 15) is 8.78 Å². The number of rotatable bonds is 1. The second kappa shape index (κ2) is 7.15. The molecule has 2 rings (SSSR count). The Balaban J connectivity index is 0.000000180. The van der Waals surface area contributed by atoms with E-state index in [2.05, 4.69) is 0 Å². The molecular weight excluding hydrogens is 234 g/mol. The first-order valence-electron chi connectivity index (χ1n) is 5.26. The standard InChI is InChI=1S/C7H8FN.C7H4FN/c2*8-7-3-1-2-6(4-7)5-9/h1-4H,5,9H2;1-4H. The van der Waals surface area contributed by atoms with Crippen molar-refractivity contribution >= 4 is 0 Å². The zero-order valence-electron chi connectivity index (χ0n) is 9.61. The highest BCUT2D eigenvalue weighted by molar-refractivity contribution is 5.28. The molecule has 0 spiro atoms. The van der Waals surface area contributed by atoms with E-state index < -0.39 is 0 Å². The Morgan fingerprint density at radius 3 is 2.00 bits per heavy atom. The maximum absolute atomic E-state index is 12.3. The first-order chi connectivity index (χ1) is 8.65. The predicted molar refractivity (Wildman–Crippen MR) is 65.4 cm³/mol. The largest absolute Gasteiger partial charge is 0.326 e. The minimum Gasteiger partial charge on any atom is -0.326 e. The van der Waals surface area contributed by atoms with Crippen molar-refractivity contribution in [3.63, 3.8) is 0 Å². The van der Waals surface area contributed by atoms with E-state index in [-0.39, 0.29) is 11.6 Å². The van der Waals surface area contributed by atoms with Gasteiger partial charge in [-0.3, -0.25) is 0 Å². The van der Waals surface area contributed by atoms with Crippen LogP contribution in [-0.2, 0) is 6.54 Å². The van der Waals surface area contributed by atoms with Crippen molar-refractivity contribution in [1.82, 2.24) is 0 Å². The van der Waals surface area contributed by atoms with Crippen LogP contribution in [0.25, 0.3) is 0 Å². The van der Waals surface area contributed by atoms with Gasteiger partial charge in [0.1, 0.15) is 11.6 Å². The normalized spacial score (nSPS) is 9.00. The van der Waals surface area contributed by atoms with E-state index in [1.165, 1.54) is 30.3 Å². The van der Waals surface area contributed by atoms with E-state index in [1.807, 2.05) is 6.07 Å². The van der Waals surface area contributed by atoms with E-state index in [0.29, 0.717) is 12.1 Å². The maximum atomic E-state index is 12.3. The highest BCUT2D eigenvalue weighted by Gasteiger charge is 1.90. The zero-order valence-corrected chi connectivity index (χ0v) is 9.61. The molecule has 2 aromatic rings. The minimum atomic E-state index is -0.367. The monoisotopic (exact) mass is 246 g/mol. The average Bonchev–Trinajstić information content (AvgIpc) is 2.39. The van der Waals surface area contributed by atoms with Gasteiger partial charge in [0.05, 0.1) is 11.6 Å². The fraction of sp³-hybridized carbons (Fsp3) is 0.0714. The highest BCUT2D eigenvalue weighted by atomic mass is 19.1. The van der Waals surface area contributed by atoms with Crippen molar-refractivity contribution in [2.24, 2.45) is 5.73 Å². The molecule has 0 aliphatic rings. The summed E-state index contributed by atoms with van der Waals surface area (Å²) in [5.74, 6) is -0.591. The van der Waals surface area contributed by atoms with Crippen molar-refractivity contribution in [3.05, 3.63) is 71.3 Å². The Kier molecular flexibility index (Phi) is 5.49. The predicted octanol–water partition coefficient (Wildman–Crippen LogP) is 2.98. The van der Waals surface area contributed by atoms with Crippen LogP contribution in [0.1, 0.15) is 11.1 Å². The Bertz CT molecular complexity index is 547. The van der Waals surface area contributed by atoms with Crippen LogP contribution in [0.5, 0.6) is 0 Å². The molecule has 0 atom stereocenters. The van der Waals surface area contributed by atoms with E-state index in [0.717, 1.165) is 5.56 Å². The van der Waals surface area contributed by atoms with E-state index in [4.69, 9.17) is 11.0 Å². The Labute approximate surface area is 104 Å². The SMILES string of the molecule is N#Cc1cccc(F)c1.NCc1cccc(F)c1. The van der Waals surface area contributed by atoms with Gasteiger partial charge >= 0.3 is 0 Å². The number of benzene rings is 2. The van der Waals surface area contributed by atoms with Gasteiger partial charge in [-0.05, 0) is 35.9 Å². The summed E-state index contributed by atoms with van der Waals surface area (Å²) < 4.78 is 24.5. The van der Waals surface area contributed by atoms with Gasteiger partial charge in [-0.2, -0.15) is 5.26 Å². The Hall–Kier alpha value is -2.25. The smallest absolute Gasteiger partial charge is 0.124 e. The molecule has 18 heavy (non-hydrogen) atoms. The third kappa shape index (κ3) is 4.73. The van der Waals surface area contributed by atoms with Gasteiger partial charge in [-0.1, -0.05) is 18.2 Å². The van der Waals surface area contributed by atoms with Crippen LogP contribution in [-0.4, -0.2) is 0 Å². The quantitative estimate of drug-likeness (QED) is 0.840. The average molecular weight is 246 g/mol. The lowest BCUT2D eigenvalue weighted by molar-refractivity contribution is 0.625. The van der Waals surface area contributed by atoms with Gasteiger partial charge < -0.3 is 5.73 Å². The van der Waals surface area contributed by atoms with E-state index >= 15 is 0 Å². The Morgan fingerprint density at radius 2 is 1.61 bits per heavy atom. The lowest BCUT2D eigenvalue weighted by atomic mass is 10.2. The summed E-state index contributed by atoms with van der Waals surface area (Å²) in [6.45, 7) is 0.401. The van der Waals surface area contributed by atoms with E-state index in [1.54, 1.807) is 18.2 Å². The van der Waals surface area contributed by atoms with Crippen LogP contribution in [0.15, 0.2) is 48.5 Å². The van der Waals surface area contributed by atoms with Gasteiger partial charge in [0.25, 0.3) is 0 Å². The fourth-order valence-electron chi connectivity index (χ4n) is 1.22. The maximum Gasteiger partial charge on any atom is 0.124 e. The molecule has 2 N–H and O–H groups in total. The van der Waals surface area contributed by atoms with Crippen LogP contribution >= 0.6 is 0 Å². The Morgan fingerprint density at radius 1 is 1.00 bits per heavy atom. The highest BCUT2D eigenvalue weighted by Crippen LogP contribution is 2.01. The summed E-state index contributed by atoms with van der Waals surface area (Å²) >= 11 is 0. The zero-order chi connectivity index (χ0) is 13.4. The summed E-state index contributed by atoms with van der Waals surface area (Å²) in [6.07, 6.45) is 0. The molecular formula is C14H12F2N2. The molecule has 0 saturated heterocycles. The molecule has 0 amide bonds. The first kappa shape index (κ1) is 13.8. The van der Waals surface area contributed by atoms with Crippen molar-refractivity contribution in [2.45, 2.75) is 6.54 Å². The van der Waals surface area contributed by atoms with Crippen molar-refractivity contribution < 1.29 is 8.78 Å². The number of halogens is 2. The fourth-order valence-corrected chi connectivity index (χ4v) is 1.22. The third-order valence-corrected chi connectivity index (χ3v) is 2.08. The van der Waals surface area contributed by atoms with Crippen LogP contribution in [0.3, 0.4) is 0 Å². The molecule has 92 valence electrons. The lowest BCUT2D eigenvalue weighted by Gasteiger charge is -1.92. The van der Waals surface area contributed by atoms with Gasteiger partial charge in [-0.15, -0.1) is 0 Å². The van der Waals surface area contributed by atoms with Crippen molar-refractivity contribution in [3.8, 4) is 6.07 Å². The molecule has 0 unspecified atom stereocenters. The van der Waals surface area contributed by atoms with Crippen molar-refractivity contribution in [1.29, 1.82) is 5.26 Å². The van der Waals surface area contributed by atoms with Gasteiger partial charge in [-0.25, -0.2) is 8.78 Å². The minimum absolute atomic E-state index is 0.224. The molecule has 4 heteroatoms. The molecule has 2 aromatic carbocycles. The number of nitrogens with zero attached hydrogens (tertiary/aromatic N) is 1. The first-order valence-corrected chi connectivity index (χ1v) is 5.26. The molecule has 0 bridgehead atoms. The summed E-state index contributed by atoms with van der Waals surface area (Å²) in [6, 6.07) is 13.7. The molecule has 0 fully saturated rings. The van der Waals surface area contributed by atoms with Gasteiger partial charge in [0.15, 0.2) is 0 Å². The molecule has 0 heterocycles. The molecule has 0 aromatic heterocycles.